The number of benzene rings is 7. The molecule has 0 amide bonds. The first-order valence-electron chi connectivity index (χ1n) is 16.2. The third kappa shape index (κ3) is 5.26. The Labute approximate surface area is 279 Å². The summed E-state index contributed by atoms with van der Waals surface area (Å²) in [4.78, 5) is 1.30. The van der Waals surface area contributed by atoms with Gasteiger partial charge in [0.25, 0.3) is 0 Å². The first-order chi connectivity index (χ1) is 23.3. The van der Waals surface area contributed by atoms with Gasteiger partial charge in [-0.2, -0.15) is 0 Å². The van der Waals surface area contributed by atoms with Gasteiger partial charge in [-0.1, -0.05) is 157 Å². The molecule has 0 radical (unpaired) electrons. The maximum Gasteiger partial charge on any atom is 0.104 e. The molecule has 226 valence electrons. The summed E-state index contributed by atoms with van der Waals surface area (Å²) in [6.45, 7) is 0. The van der Waals surface area contributed by atoms with Crippen LogP contribution in [0, 0.1) is 0 Å². The van der Waals surface area contributed by atoms with Crippen LogP contribution in [0.5, 0.6) is 0 Å². The summed E-state index contributed by atoms with van der Waals surface area (Å²) in [5.41, 5.74) is 9.76. The van der Waals surface area contributed by atoms with Gasteiger partial charge in [0.05, 0.1) is 11.7 Å². The number of hydrogen-bond donors (Lipinski definition) is 3. The quantitative estimate of drug-likeness (QED) is 0.167. The van der Waals surface area contributed by atoms with Gasteiger partial charge in [0, 0.05) is 16.0 Å². The molecule has 2 aliphatic heterocycles. The molecule has 7 aromatic rings. The summed E-state index contributed by atoms with van der Waals surface area (Å²) in [6.07, 6.45) is 2.25. The van der Waals surface area contributed by atoms with Crippen molar-refractivity contribution in [3.8, 4) is 11.1 Å². The fraction of sp³-hybridized carbons (Fsp3) is 0.0698. The van der Waals surface area contributed by atoms with E-state index in [0.717, 1.165) is 5.70 Å². The third-order valence-electron chi connectivity index (χ3n) is 9.38. The number of fused-ring (bicyclic) bond motifs is 5. The van der Waals surface area contributed by atoms with Crippen LogP contribution < -0.4 is 16.0 Å². The molecule has 4 heteroatoms. The highest BCUT2D eigenvalue weighted by molar-refractivity contribution is 8.00. The second-order valence-electron chi connectivity index (χ2n) is 12.3. The van der Waals surface area contributed by atoms with E-state index in [9.17, 15) is 0 Å². The van der Waals surface area contributed by atoms with Gasteiger partial charge in [-0.3, -0.25) is 5.32 Å². The molecule has 0 bridgehead atoms. The van der Waals surface area contributed by atoms with Crippen LogP contribution in [-0.2, 0) is 0 Å². The molecular weight excluding hydrogens is 591 g/mol. The third-order valence-corrected chi connectivity index (χ3v) is 10.6. The fourth-order valence-corrected chi connectivity index (χ4v) is 8.11. The zero-order valence-corrected chi connectivity index (χ0v) is 26.5. The molecule has 0 aromatic heterocycles. The van der Waals surface area contributed by atoms with Crippen molar-refractivity contribution in [1.82, 2.24) is 10.6 Å². The smallest absolute Gasteiger partial charge is 0.104 e. The highest BCUT2D eigenvalue weighted by atomic mass is 32.2. The van der Waals surface area contributed by atoms with Gasteiger partial charge in [-0.15, -0.1) is 0 Å². The van der Waals surface area contributed by atoms with Gasteiger partial charge in [-0.05, 0) is 67.7 Å². The van der Waals surface area contributed by atoms with E-state index in [4.69, 9.17) is 0 Å². The number of thioether (sulfide) groups is 1. The van der Waals surface area contributed by atoms with Crippen LogP contribution in [0.25, 0.3) is 38.4 Å². The molecular formula is C43H33N3S. The predicted molar refractivity (Wildman–Crippen MR) is 198 cm³/mol. The van der Waals surface area contributed by atoms with Crippen LogP contribution in [0.2, 0.25) is 0 Å². The number of anilines is 1. The van der Waals surface area contributed by atoms with Gasteiger partial charge in [0.1, 0.15) is 11.5 Å². The van der Waals surface area contributed by atoms with Gasteiger partial charge >= 0.3 is 0 Å². The Hall–Kier alpha value is -5.29. The van der Waals surface area contributed by atoms with Crippen molar-refractivity contribution in [2.45, 2.75) is 22.5 Å². The van der Waals surface area contributed by atoms with Crippen molar-refractivity contribution < 1.29 is 0 Å². The minimum absolute atomic E-state index is 0.0491. The van der Waals surface area contributed by atoms with Crippen molar-refractivity contribution in [3.63, 3.8) is 0 Å². The van der Waals surface area contributed by atoms with Crippen LogP contribution in [-0.4, -0.2) is 0 Å². The van der Waals surface area contributed by atoms with Crippen LogP contribution in [0.1, 0.15) is 39.8 Å². The summed E-state index contributed by atoms with van der Waals surface area (Å²) >= 11 is 1.90. The molecule has 0 aliphatic carbocycles. The molecule has 0 spiro atoms. The molecule has 47 heavy (non-hydrogen) atoms. The van der Waals surface area contributed by atoms with E-state index in [2.05, 4.69) is 180 Å². The summed E-state index contributed by atoms with van der Waals surface area (Å²) in [5, 5.41) is 16.9. The molecule has 3 nitrogen and oxygen atoms in total. The lowest BCUT2D eigenvalue weighted by Crippen LogP contribution is -2.39. The zero-order valence-electron chi connectivity index (χ0n) is 25.7. The van der Waals surface area contributed by atoms with E-state index in [1.165, 1.54) is 65.5 Å². The van der Waals surface area contributed by atoms with Crippen LogP contribution in [0.15, 0.2) is 169 Å². The Balaban J connectivity index is 1.07. The maximum atomic E-state index is 3.91. The number of rotatable bonds is 5. The molecule has 0 fully saturated rings. The van der Waals surface area contributed by atoms with E-state index in [-0.39, 0.29) is 17.6 Å². The Morgan fingerprint density at radius 3 is 1.89 bits per heavy atom. The van der Waals surface area contributed by atoms with E-state index >= 15 is 0 Å². The summed E-state index contributed by atoms with van der Waals surface area (Å²) in [5.74, 6) is 0. The highest BCUT2D eigenvalue weighted by Gasteiger charge is 2.27. The van der Waals surface area contributed by atoms with Crippen molar-refractivity contribution in [1.29, 1.82) is 0 Å². The van der Waals surface area contributed by atoms with Crippen molar-refractivity contribution in [2.75, 3.05) is 5.32 Å². The summed E-state index contributed by atoms with van der Waals surface area (Å²) < 4.78 is 0. The average Bonchev–Trinajstić information content (AvgIpc) is 3.60. The van der Waals surface area contributed by atoms with Gasteiger partial charge in [-0.25, -0.2) is 0 Å². The maximum absolute atomic E-state index is 3.91. The minimum atomic E-state index is -0.0632. The molecule has 2 aliphatic rings. The first kappa shape index (κ1) is 28.0. The topological polar surface area (TPSA) is 36.1 Å². The van der Waals surface area contributed by atoms with Gasteiger partial charge < -0.3 is 10.6 Å². The Kier molecular flexibility index (Phi) is 7.03. The van der Waals surface area contributed by atoms with Crippen molar-refractivity contribution in [3.05, 3.63) is 186 Å². The molecule has 9 rings (SSSR count). The molecule has 3 atom stereocenters. The van der Waals surface area contributed by atoms with Crippen LogP contribution in [0.3, 0.4) is 0 Å². The molecule has 2 heterocycles. The Bertz CT molecular complexity index is 2250. The van der Waals surface area contributed by atoms with E-state index < -0.39 is 0 Å². The Morgan fingerprint density at radius 2 is 1.13 bits per heavy atom. The van der Waals surface area contributed by atoms with Crippen LogP contribution in [0.4, 0.5) is 5.69 Å². The molecule has 3 N–H and O–H groups in total. The molecule has 7 aromatic carbocycles. The van der Waals surface area contributed by atoms with E-state index in [0.29, 0.717) is 0 Å². The summed E-state index contributed by atoms with van der Waals surface area (Å²) in [7, 11) is 0. The normalized spacial score (nSPS) is 18.7. The Morgan fingerprint density at radius 1 is 0.489 bits per heavy atom. The largest absolute Gasteiger partial charge is 0.368 e. The lowest BCUT2D eigenvalue weighted by Gasteiger charge is -2.33. The van der Waals surface area contributed by atoms with E-state index in [1.54, 1.807) is 0 Å². The van der Waals surface area contributed by atoms with Crippen molar-refractivity contribution >= 4 is 44.7 Å². The number of nitrogens with one attached hydrogen (secondary N) is 3. The lowest BCUT2D eigenvalue weighted by molar-refractivity contribution is 0.443. The van der Waals surface area contributed by atoms with Crippen LogP contribution >= 0.6 is 11.8 Å². The van der Waals surface area contributed by atoms with Crippen molar-refractivity contribution in [2.24, 2.45) is 0 Å². The first-order valence-corrected chi connectivity index (χ1v) is 17.1. The fourth-order valence-electron chi connectivity index (χ4n) is 6.97. The predicted octanol–water partition coefficient (Wildman–Crippen LogP) is 10.9. The lowest BCUT2D eigenvalue weighted by atomic mass is 9.95. The zero-order chi connectivity index (χ0) is 31.2. The van der Waals surface area contributed by atoms with E-state index in [1.807, 2.05) is 11.8 Å². The second kappa shape index (κ2) is 11.8. The molecule has 0 saturated heterocycles. The average molecular weight is 624 g/mol. The minimum Gasteiger partial charge on any atom is -0.368 e. The number of hydrogen-bond acceptors (Lipinski definition) is 4. The summed E-state index contributed by atoms with van der Waals surface area (Å²) in [6, 6.07) is 56.9. The van der Waals surface area contributed by atoms with Gasteiger partial charge in [0.15, 0.2) is 0 Å². The monoisotopic (exact) mass is 623 g/mol. The molecule has 3 unspecified atom stereocenters. The molecule has 0 saturated carbocycles. The van der Waals surface area contributed by atoms with Gasteiger partial charge in [0.2, 0.25) is 0 Å². The highest BCUT2D eigenvalue weighted by Crippen LogP contribution is 2.50. The SMILES string of the molecule is C1=C(c2ccccc2)NC(c2ccc3c(ccc4ccc5c(c43)NC(c3ccccc3)S5)c2)NC1c1ccc(-c2ccccc2)cc1. The second-order valence-corrected chi connectivity index (χ2v) is 13.4. The standard InChI is InChI=1S/C43H33N3S/c1-4-10-28(11-5-1)29-16-18-31(19-17-29)38-27-37(30-12-6-2-7-13-30)44-42(45-38)35-22-24-36-34(26-35)21-20-32-23-25-39-41(40(32)36)46-43(47-39)33-14-8-3-9-15-33/h1-27,38,42-46H.